The summed E-state index contributed by atoms with van der Waals surface area (Å²) in [6.45, 7) is 0. The number of anilines is 1. The first kappa shape index (κ1) is 14.4. The predicted octanol–water partition coefficient (Wildman–Crippen LogP) is 3.56. The zero-order valence-electron chi connectivity index (χ0n) is 9.19. The third-order valence-electron chi connectivity index (χ3n) is 1.90. The van der Waals surface area contributed by atoms with Gasteiger partial charge in [0.15, 0.2) is 0 Å². The topological polar surface area (TPSA) is 55.2 Å². The third-order valence-corrected chi connectivity index (χ3v) is 2.55. The number of thioether (sulfide) groups is 1. The van der Waals surface area contributed by atoms with Gasteiger partial charge in [-0.3, -0.25) is 10.1 Å². The van der Waals surface area contributed by atoms with Gasteiger partial charge in [0.05, 0.1) is 10.5 Å². The van der Waals surface area contributed by atoms with Gasteiger partial charge in [-0.2, -0.15) is 13.2 Å². The van der Waals surface area contributed by atoms with Crippen molar-refractivity contribution in [1.29, 1.82) is 0 Å². The fourth-order valence-corrected chi connectivity index (χ4v) is 1.56. The first-order chi connectivity index (χ1) is 8.32. The first-order valence-electron chi connectivity index (χ1n) is 4.66. The van der Waals surface area contributed by atoms with Gasteiger partial charge in [-0.25, -0.2) is 0 Å². The van der Waals surface area contributed by atoms with Gasteiger partial charge < -0.3 is 5.32 Å². The first-order valence-corrected chi connectivity index (χ1v) is 5.89. The molecule has 1 aromatic rings. The van der Waals surface area contributed by atoms with Crippen LogP contribution in [0.5, 0.6) is 0 Å². The van der Waals surface area contributed by atoms with Gasteiger partial charge in [0, 0.05) is 5.69 Å². The fourth-order valence-electron chi connectivity index (χ4n) is 1.15. The summed E-state index contributed by atoms with van der Waals surface area (Å²) < 4.78 is 37.3. The van der Waals surface area contributed by atoms with E-state index in [1.54, 1.807) is 6.26 Å². The van der Waals surface area contributed by atoms with E-state index in [-0.39, 0.29) is 10.7 Å². The van der Waals surface area contributed by atoms with E-state index in [4.69, 9.17) is 0 Å². The summed E-state index contributed by atoms with van der Waals surface area (Å²) in [4.78, 5) is 9.61. The lowest BCUT2D eigenvalue weighted by atomic mass is 10.2. The minimum atomic E-state index is -4.44. The molecule has 0 aromatic heterocycles. The molecule has 0 aliphatic carbocycles. The van der Waals surface area contributed by atoms with E-state index in [9.17, 15) is 23.3 Å². The molecular weight excluding hydrogens is 269 g/mol. The lowest BCUT2D eigenvalue weighted by Crippen LogP contribution is -2.06. The number of alkyl halides is 3. The van der Waals surface area contributed by atoms with Crippen LogP contribution in [-0.2, 0) is 6.18 Å². The summed E-state index contributed by atoms with van der Waals surface area (Å²) in [5.41, 5.74) is -0.665. The lowest BCUT2D eigenvalue weighted by molar-refractivity contribution is -0.402. The van der Waals surface area contributed by atoms with Crippen molar-refractivity contribution < 1.29 is 18.1 Å². The number of halogens is 3. The number of hydrogen-bond acceptors (Lipinski definition) is 4. The van der Waals surface area contributed by atoms with Crippen LogP contribution in [0.4, 0.5) is 18.9 Å². The second kappa shape index (κ2) is 5.76. The number of benzene rings is 1. The molecule has 0 radical (unpaired) electrons. The van der Waals surface area contributed by atoms with E-state index in [0.717, 1.165) is 23.9 Å². The molecule has 98 valence electrons. The van der Waals surface area contributed by atoms with Crippen LogP contribution in [0, 0.1) is 10.1 Å². The number of rotatable bonds is 4. The monoisotopic (exact) mass is 278 g/mol. The predicted molar refractivity (Wildman–Crippen MR) is 63.7 cm³/mol. The van der Waals surface area contributed by atoms with E-state index < -0.39 is 16.7 Å². The highest BCUT2D eigenvalue weighted by Crippen LogP contribution is 2.31. The van der Waals surface area contributed by atoms with Gasteiger partial charge in [-0.1, -0.05) is 6.07 Å². The van der Waals surface area contributed by atoms with Crippen LogP contribution in [0.15, 0.2) is 35.5 Å². The molecule has 0 aliphatic heterocycles. The van der Waals surface area contributed by atoms with Crippen LogP contribution in [0.3, 0.4) is 0 Å². The maximum Gasteiger partial charge on any atom is 0.416 e. The highest BCUT2D eigenvalue weighted by molar-refractivity contribution is 8.02. The molecule has 0 amide bonds. The van der Waals surface area contributed by atoms with Gasteiger partial charge in [0.2, 0.25) is 0 Å². The van der Waals surface area contributed by atoms with Crippen molar-refractivity contribution in [2.45, 2.75) is 6.18 Å². The van der Waals surface area contributed by atoms with Crippen molar-refractivity contribution >= 4 is 17.4 Å². The van der Waals surface area contributed by atoms with E-state index in [1.165, 1.54) is 12.1 Å². The van der Waals surface area contributed by atoms with Gasteiger partial charge in [0.25, 0.3) is 6.20 Å². The molecule has 1 aromatic carbocycles. The minimum absolute atomic E-state index is 0.146. The van der Waals surface area contributed by atoms with Crippen molar-refractivity contribution in [2.24, 2.45) is 0 Å². The molecule has 0 heterocycles. The third kappa shape index (κ3) is 4.28. The summed E-state index contributed by atoms with van der Waals surface area (Å²) in [5.74, 6) is 0. The van der Waals surface area contributed by atoms with Crippen molar-refractivity contribution in [3.8, 4) is 0 Å². The second-order valence-corrected chi connectivity index (χ2v) is 4.03. The summed E-state index contributed by atoms with van der Waals surface area (Å²) in [6.07, 6.45) is -2.16. The zero-order valence-corrected chi connectivity index (χ0v) is 10.0. The Morgan fingerprint density at radius 2 is 2.17 bits per heavy atom. The average Bonchev–Trinajstić information content (AvgIpc) is 2.26. The SMILES string of the molecule is CS/C(=C/[N+](=O)[O-])Nc1cccc(C(F)(F)F)c1. The van der Waals surface area contributed by atoms with Crippen LogP contribution in [0.25, 0.3) is 0 Å². The van der Waals surface area contributed by atoms with Crippen LogP contribution < -0.4 is 5.32 Å². The molecule has 0 atom stereocenters. The molecule has 4 nitrogen and oxygen atoms in total. The number of nitrogens with one attached hydrogen (secondary N) is 1. The summed E-state index contributed by atoms with van der Waals surface area (Å²) >= 11 is 1.03. The maximum absolute atomic E-state index is 12.4. The highest BCUT2D eigenvalue weighted by Gasteiger charge is 2.30. The Hall–Kier alpha value is -1.70. The lowest BCUT2D eigenvalue weighted by Gasteiger charge is -2.10. The zero-order chi connectivity index (χ0) is 13.8. The molecule has 0 spiro atoms. The van der Waals surface area contributed by atoms with Crippen molar-refractivity contribution in [1.82, 2.24) is 0 Å². The maximum atomic E-state index is 12.4. The Bertz CT molecular complexity index is 474. The van der Waals surface area contributed by atoms with Gasteiger partial charge in [-0.05, 0) is 24.5 Å². The summed E-state index contributed by atoms with van der Waals surface area (Å²) in [5, 5.41) is 13.0. The van der Waals surface area contributed by atoms with Crippen LogP contribution in [0.2, 0.25) is 0 Å². The number of nitro groups is 1. The Kier molecular flexibility index (Phi) is 4.60. The molecular formula is C10H9F3N2O2S. The van der Waals surface area contributed by atoms with E-state index in [1.807, 2.05) is 0 Å². The Balaban J connectivity index is 2.95. The highest BCUT2D eigenvalue weighted by atomic mass is 32.2. The molecule has 0 bridgehead atoms. The Morgan fingerprint density at radius 1 is 1.50 bits per heavy atom. The molecule has 0 saturated heterocycles. The molecule has 0 unspecified atom stereocenters. The molecule has 18 heavy (non-hydrogen) atoms. The molecule has 0 aliphatic rings. The van der Waals surface area contributed by atoms with Crippen LogP contribution in [0.1, 0.15) is 5.56 Å². The van der Waals surface area contributed by atoms with Crippen molar-refractivity contribution in [3.05, 3.63) is 51.2 Å². The van der Waals surface area contributed by atoms with E-state index in [0.29, 0.717) is 6.20 Å². The average molecular weight is 278 g/mol. The van der Waals surface area contributed by atoms with Crippen LogP contribution in [-0.4, -0.2) is 11.2 Å². The van der Waals surface area contributed by atoms with Crippen LogP contribution >= 0.6 is 11.8 Å². The Morgan fingerprint density at radius 3 is 2.67 bits per heavy atom. The van der Waals surface area contributed by atoms with E-state index in [2.05, 4.69) is 5.32 Å². The summed E-state index contributed by atoms with van der Waals surface area (Å²) in [6, 6.07) is 4.46. The molecule has 0 saturated carbocycles. The van der Waals surface area contributed by atoms with Gasteiger partial charge in [0.1, 0.15) is 5.03 Å². The molecule has 0 fully saturated rings. The van der Waals surface area contributed by atoms with Crippen molar-refractivity contribution in [3.63, 3.8) is 0 Å². The summed E-state index contributed by atoms with van der Waals surface area (Å²) in [7, 11) is 0. The minimum Gasteiger partial charge on any atom is -0.345 e. The quantitative estimate of drug-likeness (QED) is 0.676. The normalized spacial score (nSPS) is 12.3. The smallest absolute Gasteiger partial charge is 0.345 e. The largest absolute Gasteiger partial charge is 0.416 e. The molecule has 1 N–H and O–H groups in total. The van der Waals surface area contributed by atoms with Gasteiger partial charge in [-0.15, -0.1) is 11.8 Å². The standard InChI is InChI=1S/C10H9F3N2O2S/c1-18-9(6-15(16)17)14-8-4-2-3-7(5-8)10(11,12)13/h2-6,14H,1H3/b9-6+. The number of nitrogens with zero attached hydrogens (tertiary/aromatic N) is 1. The van der Waals surface area contributed by atoms with Gasteiger partial charge >= 0.3 is 6.18 Å². The number of hydrogen-bond donors (Lipinski definition) is 1. The second-order valence-electron chi connectivity index (χ2n) is 3.19. The van der Waals surface area contributed by atoms with Crippen molar-refractivity contribution in [2.75, 3.05) is 11.6 Å². The van der Waals surface area contributed by atoms with E-state index >= 15 is 0 Å². The molecule has 1 rings (SSSR count). The Labute approximate surface area is 105 Å². The molecule has 8 heteroatoms. The fraction of sp³-hybridized carbons (Fsp3) is 0.200.